The molecule has 22 heavy (non-hydrogen) atoms. The van der Waals surface area contributed by atoms with Gasteiger partial charge in [0.1, 0.15) is 12.4 Å². The maximum absolute atomic E-state index is 5.95. The average molecular weight is 317 g/mol. The zero-order chi connectivity index (χ0) is 15.2. The Morgan fingerprint density at radius 3 is 2.73 bits per heavy atom. The number of rotatable bonds is 6. The van der Waals surface area contributed by atoms with Gasteiger partial charge in [0.2, 0.25) is 0 Å². The number of halogens is 1. The van der Waals surface area contributed by atoms with Crippen molar-refractivity contribution in [3.05, 3.63) is 54.6 Å². The molecule has 114 valence electrons. The van der Waals surface area contributed by atoms with Gasteiger partial charge in [-0.2, -0.15) is 0 Å². The van der Waals surface area contributed by atoms with E-state index in [0.717, 1.165) is 29.0 Å². The van der Waals surface area contributed by atoms with Crippen LogP contribution in [0.25, 0.3) is 11.1 Å². The van der Waals surface area contributed by atoms with E-state index in [4.69, 9.17) is 21.4 Å². The van der Waals surface area contributed by atoms with E-state index >= 15 is 0 Å². The number of ether oxygens (including phenoxy) is 1. The van der Waals surface area contributed by atoms with Crippen LogP contribution < -0.4 is 9.57 Å². The summed E-state index contributed by atoms with van der Waals surface area (Å²) >= 11 is 5.47. The second kappa shape index (κ2) is 7.29. The SMILES string of the molecule is ClNCC1=NOC(COc2ccccc2-c2ccccc2)C1. The molecular formula is C17H17ClN2O2. The molecule has 1 atom stereocenters. The first kappa shape index (κ1) is 14.9. The van der Waals surface area contributed by atoms with Crippen molar-refractivity contribution in [2.75, 3.05) is 13.2 Å². The van der Waals surface area contributed by atoms with Gasteiger partial charge in [0.15, 0.2) is 6.10 Å². The second-order valence-electron chi connectivity index (χ2n) is 5.07. The van der Waals surface area contributed by atoms with E-state index in [1.54, 1.807) is 0 Å². The number of benzene rings is 2. The lowest BCUT2D eigenvalue weighted by atomic mass is 10.0. The van der Waals surface area contributed by atoms with E-state index in [0.29, 0.717) is 13.2 Å². The van der Waals surface area contributed by atoms with Crippen LogP contribution in [0.1, 0.15) is 6.42 Å². The smallest absolute Gasteiger partial charge is 0.166 e. The minimum atomic E-state index is -0.0659. The van der Waals surface area contributed by atoms with Gasteiger partial charge in [0.05, 0.1) is 12.3 Å². The lowest BCUT2D eigenvalue weighted by Gasteiger charge is -2.14. The summed E-state index contributed by atoms with van der Waals surface area (Å²) in [6, 6.07) is 18.2. The number of nitrogens with one attached hydrogen (secondary N) is 1. The molecule has 4 nitrogen and oxygen atoms in total. The van der Waals surface area contributed by atoms with Crippen LogP contribution in [0.5, 0.6) is 5.75 Å². The number of para-hydroxylation sites is 1. The van der Waals surface area contributed by atoms with Crippen LogP contribution in [0.4, 0.5) is 0 Å². The first-order chi connectivity index (χ1) is 10.9. The lowest BCUT2D eigenvalue weighted by molar-refractivity contribution is 0.0472. The summed E-state index contributed by atoms with van der Waals surface area (Å²) in [5.41, 5.74) is 3.11. The van der Waals surface area contributed by atoms with Gasteiger partial charge in [-0.05, 0) is 23.4 Å². The van der Waals surface area contributed by atoms with Crippen molar-refractivity contribution in [1.82, 2.24) is 4.84 Å². The van der Waals surface area contributed by atoms with Gasteiger partial charge in [0.25, 0.3) is 0 Å². The molecule has 0 bridgehead atoms. The van der Waals surface area contributed by atoms with Crippen LogP contribution in [0.2, 0.25) is 0 Å². The molecule has 3 rings (SSSR count). The van der Waals surface area contributed by atoms with Gasteiger partial charge in [-0.3, -0.25) is 0 Å². The zero-order valence-corrected chi connectivity index (χ0v) is 12.8. The highest BCUT2D eigenvalue weighted by atomic mass is 35.5. The molecule has 0 radical (unpaired) electrons. The van der Waals surface area contributed by atoms with Crippen LogP contribution in [0, 0.1) is 0 Å². The Morgan fingerprint density at radius 2 is 1.91 bits per heavy atom. The van der Waals surface area contributed by atoms with Crippen LogP contribution in [-0.4, -0.2) is 25.0 Å². The first-order valence-corrected chi connectivity index (χ1v) is 7.57. The average Bonchev–Trinajstić information content (AvgIpc) is 3.02. The number of hydrogen-bond donors (Lipinski definition) is 1. The fraction of sp³-hybridized carbons (Fsp3) is 0.235. The molecule has 0 spiro atoms. The molecule has 1 unspecified atom stereocenters. The Labute approximate surface area is 134 Å². The zero-order valence-electron chi connectivity index (χ0n) is 12.0. The van der Waals surface area contributed by atoms with E-state index in [2.05, 4.69) is 28.2 Å². The highest BCUT2D eigenvalue weighted by molar-refractivity contribution is 6.14. The first-order valence-electron chi connectivity index (χ1n) is 7.19. The predicted octanol–water partition coefficient (Wildman–Crippen LogP) is 3.62. The fourth-order valence-corrected chi connectivity index (χ4v) is 2.54. The summed E-state index contributed by atoms with van der Waals surface area (Å²) in [5, 5.41) is 3.99. The van der Waals surface area contributed by atoms with Crippen LogP contribution in [-0.2, 0) is 4.84 Å². The summed E-state index contributed by atoms with van der Waals surface area (Å²) in [6.07, 6.45) is 0.664. The van der Waals surface area contributed by atoms with Gasteiger partial charge < -0.3 is 9.57 Å². The molecule has 0 saturated heterocycles. The minimum absolute atomic E-state index is 0.0659. The Hall–Kier alpha value is -2.04. The third kappa shape index (κ3) is 3.59. The van der Waals surface area contributed by atoms with Crippen molar-refractivity contribution in [3.63, 3.8) is 0 Å². The lowest BCUT2D eigenvalue weighted by Crippen LogP contribution is -2.21. The van der Waals surface area contributed by atoms with Gasteiger partial charge in [0, 0.05) is 12.0 Å². The quantitative estimate of drug-likeness (QED) is 0.828. The summed E-state index contributed by atoms with van der Waals surface area (Å²) < 4.78 is 5.95. The molecule has 1 N–H and O–H groups in total. The largest absolute Gasteiger partial charge is 0.489 e. The molecule has 2 aromatic rings. The summed E-state index contributed by atoms with van der Waals surface area (Å²) in [5.74, 6) is 0.848. The van der Waals surface area contributed by atoms with Crippen molar-refractivity contribution in [1.29, 1.82) is 0 Å². The third-order valence-electron chi connectivity index (χ3n) is 3.46. The van der Waals surface area contributed by atoms with Crippen molar-refractivity contribution in [2.45, 2.75) is 12.5 Å². The van der Waals surface area contributed by atoms with E-state index in [1.165, 1.54) is 0 Å². The van der Waals surface area contributed by atoms with Crippen molar-refractivity contribution < 1.29 is 9.57 Å². The summed E-state index contributed by atoms with van der Waals surface area (Å²) in [4.78, 5) is 7.90. The molecule has 2 aromatic carbocycles. The monoisotopic (exact) mass is 316 g/mol. The Balaban J connectivity index is 1.65. The maximum Gasteiger partial charge on any atom is 0.166 e. The Morgan fingerprint density at radius 1 is 1.14 bits per heavy atom. The van der Waals surface area contributed by atoms with Crippen molar-refractivity contribution in [3.8, 4) is 16.9 Å². The number of hydrogen-bond acceptors (Lipinski definition) is 4. The molecule has 1 aliphatic rings. The molecule has 0 amide bonds. The van der Waals surface area contributed by atoms with E-state index in [9.17, 15) is 0 Å². The van der Waals surface area contributed by atoms with Crippen molar-refractivity contribution in [2.24, 2.45) is 5.16 Å². The van der Waals surface area contributed by atoms with E-state index < -0.39 is 0 Å². The minimum Gasteiger partial charge on any atom is -0.489 e. The molecule has 0 saturated carbocycles. The molecule has 1 heterocycles. The van der Waals surface area contributed by atoms with Gasteiger partial charge in [-0.1, -0.05) is 53.7 Å². The van der Waals surface area contributed by atoms with Gasteiger partial charge in [-0.15, -0.1) is 0 Å². The fourth-order valence-electron chi connectivity index (χ4n) is 2.39. The van der Waals surface area contributed by atoms with E-state index in [-0.39, 0.29) is 6.10 Å². The highest BCUT2D eigenvalue weighted by Gasteiger charge is 2.21. The molecule has 0 fully saturated rings. The predicted molar refractivity (Wildman–Crippen MR) is 88.2 cm³/mol. The molecule has 0 aromatic heterocycles. The number of oxime groups is 1. The van der Waals surface area contributed by atoms with Crippen LogP contribution in [0.15, 0.2) is 59.8 Å². The van der Waals surface area contributed by atoms with Gasteiger partial charge in [-0.25, -0.2) is 4.84 Å². The normalized spacial score (nSPS) is 17.0. The van der Waals surface area contributed by atoms with Crippen LogP contribution >= 0.6 is 11.8 Å². The third-order valence-corrected chi connectivity index (χ3v) is 3.60. The standard InChI is InChI=1S/C17H17ClN2O2/c18-19-11-14-10-15(22-20-14)12-21-17-9-5-4-8-16(17)13-6-2-1-3-7-13/h1-9,15,19H,10-12H2. The molecule has 0 aliphatic carbocycles. The maximum atomic E-state index is 5.95. The second-order valence-corrected chi connectivity index (χ2v) is 5.34. The molecule has 5 heteroatoms. The Kier molecular flexibility index (Phi) is 4.93. The van der Waals surface area contributed by atoms with E-state index in [1.807, 2.05) is 36.4 Å². The Bertz CT molecular complexity index is 646. The molecule has 1 aliphatic heterocycles. The topological polar surface area (TPSA) is 42.9 Å². The van der Waals surface area contributed by atoms with Gasteiger partial charge >= 0.3 is 0 Å². The summed E-state index contributed by atoms with van der Waals surface area (Å²) in [7, 11) is 0. The van der Waals surface area contributed by atoms with Crippen LogP contribution in [0.3, 0.4) is 0 Å². The summed E-state index contributed by atoms with van der Waals surface area (Å²) in [6.45, 7) is 0.984. The molecular weight excluding hydrogens is 300 g/mol. The van der Waals surface area contributed by atoms with Crippen molar-refractivity contribution >= 4 is 17.5 Å². The highest BCUT2D eigenvalue weighted by Crippen LogP contribution is 2.30. The number of nitrogens with zero attached hydrogens (tertiary/aromatic N) is 1.